The number of primary amides is 1. The van der Waals surface area contributed by atoms with Gasteiger partial charge in [0.05, 0.1) is 6.04 Å². The minimum absolute atomic E-state index is 0.111. The van der Waals surface area contributed by atoms with Crippen molar-refractivity contribution in [3.8, 4) is 11.5 Å². The summed E-state index contributed by atoms with van der Waals surface area (Å²) in [6, 6.07) is 8.74. The van der Waals surface area contributed by atoms with E-state index in [4.69, 9.17) is 39.4 Å². The van der Waals surface area contributed by atoms with E-state index in [2.05, 4.69) is 4.99 Å². The second-order valence-electron chi connectivity index (χ2n) is 6.78. The standard InChI is InChI=1S/C21H21Cl2N3O3/c22-18-7-15(29-11-21(25)28)8-19(23)17(18)6-12-1-4-20(27)16(5-12)13(9-24)10-26-14-2-3-14/h1,4-5,7-10,14,27H,2-3,6,11,24H2,(H2,25,28)/b13-9+,26-10?. The zero-order valence-electron chi connectivity index (χ0n) is 15.6. The van der Waals surface area contributed by atoms with Gasteiger partial charge in [-0.15, -0.1) is 0 Å². The third-order valence-corrected chi connectivity index (χ3v) is 5.07. The van der Waals surface area contributed by atoms with Gasteiger partial charge in [-0.2, -0.15) is 0 Å². The number of nitrogens with zero attached hydrogens (tertiary/aromatic N) is 1. The lowest BCUT2D eigenvalue weighted by molar-refractivity contribution is -0.119. The highest BCUT2D eigenvalue weighted by Crippen LogP contribution is 2.34. The van der Waals surface area contributed by atoms with Gasteiger partial charge in [0.15, 0.2) is 6.61 Å². The van der Waals surface area contributed by atoms with Crippen LogP contribution in [0.15, 0.2) is 41.5 Å². The Bertz CT molecular complexity index is 962. The molecule has 2 aromatic carbocycles. The fourth-order valence-electron chi connectivity index (χ4n) is 2.73. The molecule has 6 nitrogen and oxygen atoms in total. The first-order chi connectivity index (χ1) is 13.9. The van der Waals surface area contributed by atoms with Gasteiger partial charge in [0.2, 0.25) is 0 Å². The number of carbonyl (C=O) groups excluding carboxylic acids is 1. The van der Waals surface area contributed by atoms with Crippen LogP contribution in [0.1, 0.15) is 29.5 Å². The summed E-state index contributed by atoms with van der Waals surface area (Å²) < 4.78 is 5.25. The number of phenolic OH excluding ortho intramolecular Hbond substituents is 1. The van der Waals surface area contributed by atoms with Crippen LogP contribution in [0, 0.1) is 0 Å². The first-order valence-electron chi connectivity index (χ1n) is 9.03. The number of benzene rings is 2. The van der Waals surface area contributed by atoms with Crippen molar-refractivity contribution in [2.45, 2.75) is 25.3 Å². The van der Waals surface area contributed by atoms with Crippen LogP contribution in [0.2, 0.25) is 10.0 Å². The molecule has 0 radical (unpaired) electrons. The minimum Gasteiger partial charge on any atom is -0.507 e. The fourth-order valence-corrected chi connectivity index (χ4v) is 3.33. The first-order valence-corrected chi connectivity index (χ1v) is 9.79. The maximum Gasteiger partial charge on any atom is 0.255 e. The van der Waals surface area contributed by atoms with Crippen LogP contribution in [-0.4, -0.2) is 29.9 Å². The molecule has 1 aliphatic rings. The third-order valence-electron chi connectivity index (χ3n) is 4.40. The molecular weight excluding hydrogens is 413 g/mol. The number of aromatic hydroxyl groups is 1. The summed E-state index contributed by atoms with van der Waals surface area (Å²) in [4.78, 5) is 15.3. The zero-order chi connectivity index (χ0) is 21.0. The topological polar surface area (TPSA) is 111 Å². The molecule has 1 fully saturated rings. The number of rotatable bonds is 8. The van der Waals surface area contributed by atoms with E-state index in [1.165, 1.54) is 6.20 Å². The average molecular weight is 434 g/mol. The molecule has 0 unspecified atom stereocenters. The van der Waals surface area contributed by atoms with Gasteiger partial charge in [-0.3, -0.25) is 9.79 Å². The second kappa shape index (κ2) is 9.20. The minimum atomic E-state index is -0.591. The maximum atomic E-state index is 10.9. The van der Waals surface area contributed by atoms with Crippen LogP contribution in [0.5, 0.6) is 11.5 Å². The van der Waals surface area contributed by atoms with Gasteiger partial charge in [-0.05, 0) is 48.2 Å². The molecule has 0 saturated heterocycles. The number of nitrogens with two attached hydrogens (primary N) is 2. The summed E-state index contributed by atoms with van der Waals surface area (Å²) >= 11 is 12.7. The highest BCUT2D eigenvalue weighted by Gasteiger charge is 2.19. The van der Waals surface area contributed by atoms with Crippen LogP contribution in [0.25, 0.3) is 5.57 Å². The third kappa shape index (κ3) is 5.65. The van der Waals surface area contributed by atoms with E-state index in [0.717, 1.165) is 18.4 Å². The number of carbonyl (C=O) groups is 1. The SMILES string of the molecule is N/C=C(\C=NC1CC1)c1cc(Cc2c(Cl)cc(OCC(N)=O)cc2Cl)ccc1O. The Balaban J connectivity index is 1.84. The van der Waals surface area contributed by atoms with Crippen molar-refractivity contribution in [2.75, 3.05) is 6.61 Å². The second-order valence-corrected chi connectivity index (χ2v) is 7.59. The maximum absolute atomic E-state index is 10.9. The number of aliphatic imine (C=N–C) groups is 1. The quantitative estimate of drug-likeness (QED) is 0.551. The summed E-state index contributed by atoms with van der Waals surface area (Å²) in [5.74, 6) is -0.120. The van der Waals surface area contributed by atoms with Crippen LogP contribution in [0.4, 0.5) is 0 Å². The predicted octanol–water partition coefficient (Wildman–Crippen LogP) is 3.69. The van der Waals surface area contributed by atoms with Crippen molar-refractivity contribution >= 4 is 40.9 Å². The number of hydrogen-bond acceptors (Lipinski definition) is 5. The lowest BCUT2D eigenvalue weighted by Crippen LogP contribution is -2.20. The summed E-state index contributed by atoms with van der Waals surface area (Å²) in [5, 5.41) is 11.1. The number of halogens is 2. The molecule has 5 N–H and O–H groups in total. The van der Waals surface area contributed by atoms with E-state index in [1.807, 2.05) is 6.07 Å². The number of allylic oxidation sites excluding steroid dienone is 1. The Morgan fingerprint density at radius 3 is 2.52 bits per heavy atom. The Morgan fingerprint density at radius 2 is 1.93 bits per heavy atom. The average Bonchev–Trinajstić information content (AvgIpc) is 3.50. The Hall–Kier alpha value is -2.70. The molecule has 29 heavy (non-hydrogen) atoms. The molecule has 0 spiro atoms. The molecule has 152 valence electrons. The van der Waals surface area contributed by atoms with Gasteiger partial charge in [0, 0.05) is 40.0 Å². The zero-order valence-corrected chi connectivity index (χ0v) is 17.1. The lowest BCUT2D eigenvalue weighted by Gasteiger charge is -2.12. The molecule has 0 bridgehead atoms. The van der Waals surface area contributed by atoms with Crippen molar-refractivity contribution in [1.29, 1.82) is 0 Å². The monoisotopic (exact) mass is 433 g/mol. The summed E-state index contributed by atoms with van der Waals surface area (Å²) in [7, 11) is 0. The number of hydrogen-bond donors (Lipinski definition) is 3. The van der Waals surface area contributed by atoms with Crippen LogP contribution < -0.4 is 16.2 Å². The van der Waals surface area contributed by atoms with Crippen LogP contribution >= 0.6 is 23.2 Å². The molecule has 0 aliphatic heterocycles. The highest BCUT2D eigenvalue weighted by molar-refractivity contribution is 6.36. The Labute approximate surface area is 178 Å². The fraction of sp³-hybridized carbons (Fsp3) is 0.238. The summed E-state index contributed by atoms with van der Waals surface area (Å²) in [6.45, 7) is -0.260. The lowest BCUT2D eigenvalue weighted by atomic mass is 9.98. The van der Waals surface area contributed by atoms with Gasteiger partial charge in [0.25, 0.3) is 5.91 Å². The van der Waals surface area contributed by atoms with E-state index in [-0.39, 0.29) is 12.4 Å². The molecule has 3 rings (SSSR count). The number of ether oxygens (including phenoxy) is 1. The largest absolute Gasteiger partial charge is 0.507 e. The van der Waals surface area contributed by atoms with Crippen molar-refractivity contribution in [3.63, 3.8) is 0 Å². The smallest absolute Gasteiger partial charge is 0.255 e. The molecule has 1 amide bonds. The van der Waals surface area contributed by atoms with E-state index in [0.29, 0.717) is 45.0 Å². The van der Waals surface area contributed by atoms with E-state index in [9.17, 15) is 9.90 Å². The Kier molecular flexibility index (Phi) is 6.67. The van der Waals surface area contributed by atoms with E-state index < -0.39 is 5.91 Å². The van der Waals surface area contributed by atoms with Crippen LogP contribution in [-0.2, 0) is 11.2 Å². The van der Waals surface area contributed by atoms with Crippen molar-refractivity contribution in [3.05, 3.63) is 63.3 Å². The van der Waals surface area contributed by atoms with Crippen molar-refractivity contribution < 1.29 is 14.6 Å². The van der Waals surface area contributed by atoms with Crippen molar-refractivity contribution in [2.24, 2.45) is 16.5 Å². The molecule has 8 heteroatoms. The number of phenols is 1. The van der Waals surface area contributed by atoms with Gasteiger partial charge < -0.3 is 21.3 Å². The predicted molar refractivity (Wildman–Crippen MR) is 116 cm³/mol. The van der Waals surface area contributed by atoms with Crippen LogP contribution in [0.3, 0.4) is 0 Å². The van der Waals surface area contributed by atoms with Crippen molar-refractivity contribution in [1.82, 2.24) is 0 Å². The Morgan fingerprint density at radius 1 is 1.24 bits per heavy atom. The molecule has 1 saturated carbocycles. The molecule has 0 aromatic heterocycles. The van der Waals surface area contributed by atoms with Gasteiger partial charge in [0.1, 0.15) is 11.5 Å². The molecular formula is C21H21Cl2N3O3. The van der Waals surface area contributed by atoms with E-state index >= 15 is 0 Å². The normalized spacial score (nSPS) is 14.3. The molecule has 2 aromatic rings. The molecule has 1 aliphatic carbocycles. The summed E-state index contributed by atoms with van der Waals surface area (Å²) in [5.41, 5.74) is 13.6. The number of amides is 1. The van der Waals surface area contributed by atoms with Gasteiger partial charge in [-0.25, -0.2) is 0 Å². The summed E-state index contributed by atoms with van der Waals surface area (Å²) in [6.07, 6.45) is 5.71. The van der Waals surface area contributed by atoms with Gasteiger partial charge >= 0.3 is 0 Å². The van der Waals surface area contributed by atoms with Gasteiger partial charge in [-0.1, -0.05) is 29.3 Å². The molecule has 0 heterocycles. The van der Waals surface area contributed by atoms with E-state index in [1.54, 1.807) is 30.5 Å². The first kappa shape index (κ1) is 21.0. The highest BCUT2D eigenvalue weighted by atomic mass is 35.5. The molecule has 0 atom stereocenters.